The van der Waals surface area contributed by atoms with E-state index < -0.39 is 0 Å². The molecule has 11 rings (SSSR count). The van der Waals surface area contributed by atoms with Crippen LogP contribution in [-0.4, -0.2) is 11.8 Å². The molecule has 1 N–H and O–H groups in total. The first kappa shape index (κ1) is 34.9. The lowest BCUT2D eigenvalue weighted by molar-refractivity contribution is 0.332. The van der Waals surface area contributed by atoms with Gasteiger partial charge in [0.05, 0.1) is 5.52 Å². The van der Waals surface area contributed by atoms with Crippen LogP contribution in [0.2, 0.25) is 0 Å². The Labute approximate surface area is 342 Å². The Morgan fingerprint density at radius 1 is 0.552 bits per heavy atom. The smallest absolute Gasteiger partial charge is 0.197 e. The Kier molecular flexibility index (Phi) is 7.73. The van der Waals surface area contributed by atoms with Crippen LogP contribution < -0.4 is 16.2 Å². The predicted octanol–water partition coefficient (Wildman–Crippen LogP) is 13.3. The van der Waals surface area contributed by atoms with Gasteiger partial charge in [0.2, 0.25) is 0 Å². The molecule has 0 saturated heterocycles. The first-order valence-electron chi connectivity index (χ1n) is 20.8. The second kappa shape index (κ2) is 12.8. The van der Waals surface area contributed by atoms with Crippen molar-refractivity contribution in [1.29, 1.82) is 0 Å². The molecule has 2 heterocycles. The highest BCUT2D eigenvalue weighted by molar-refractivity contribution is 6.73. The van der Waals surface area contributed by atoms with Gasteiger partial charge in [-0.05, 0) is 134 Å². The molecule has 0 bridgehead atoms. The highest BCUT2D eigenvalue weighted by atomic mass is 15.0. The summed E-state index contributed by atoms with van der Waals surface area (Å²) in [6, 6.07) is 58.8. The van der Waals surface area contributed by atoms with Crippen LogP contribution in [0.5, 0.6) is 0 Å². The van der Waals surface area contributed by atoms with E-state index in [4.69, 9.17) is 0 Å². The number of benzene rings is 8. The van der Waals surface area contributed by atoms with Gasteiger partial charge >= 0.3 is 0 Å². The van der Waals surface area contributed by atoms with E-state index in [-0.39, 0.29) is 10.8 Å². The Bertz CT molecular complexity index is 3110. The summed E-state index contributed by atoms with van der Waals surface area (Å²) in [6.07, 6.45) is 2.39. The van der Waals surface area contributed by atoms with Crippen LogP contribution in [0, 0.1) is 6.92 Å². The average molecular weight is 746 g/mol. The molecule has 0 atom stereocenters. The maximum Gasteiger partial charge on any atom is 0.197 e. The standard InChI is InChI=1S/C55H46BN2/c1-34-28-44(51-41-19-13-12-18-37(41)20-24-48(51)57-40-22-23-45-46(33-40)55(4,5)27-26-54(45,2)3)52-50(29-34)58-49-25-21-38(35-14-8-6-9-15-35)30-42(49)43-31-39(32-47(56-52)53(43)58)36-16-10-7-11-17-36/h6-25,28-33,57H,26-27H2,1-5H3. The zero-order chi connectivity index (χ0) is 39.3. The first-order chi connectivity index (χ1) is 28.1. The second-order valence-electron chi connectivity index (χ2n) is 18.0. The number of hydrogen-bond donors (Lipinski definition) is 1. The summed E-state index contributed by atoms with van der Waals surface area (Å²) in [7, 11) is 2.46. The summed E-state index contributed by atoms with van der Waals surface area (Å²) in [4.78, 5) is 0. The molecule has 2 aliphatic rings. The summed E-state index contributed by atoms with van der Waals surface area (Å²) < 4.78 is 2.54. The van der Waals surface area contributed by atoms with E-state index in [0.717, 1.165) is 11.4 Å². The number of nitrogens with one attached hydrogen (secondary N) is 1. The SMILES string of the molecule is Cc1cc(-c2c(Nc3ccc4c(c3)C(C)(C)CCC4(C)C)ccc3ccccc23)c2c(c1)-n1c3ccc(-c4ccccc4)cc3c3cc(-c4ccccc4)cc(c31)[B]2. The first-order valence-corrected chi connectivity index (χ1v) is 20.8. The third kappa shape index (κ3) is 5.47. The predicted molar refractivity (Wildman–Crippen MR) is 249 cm³/mol. The highest BCUT2D eigenvalue weighted by Gasteiger charge is 2.37. The van der Waals surface area contributed by atoms with Crippen molar-refractivity contribution < 1.29 is 0 Å². The van der Waals surface area contributed by atoms with E-state index in [1.165, 1.54) is 112 Å². The average Bonchev–Trinajstić information content (AvgIpc) is 3.58. The number of anilines is 2. The molecule has 58 heavy (non-hydrogen) atoms. The summed E-state index contributed by atoms with van der Waals surface area (Å²) in [5.74, 6) is 0. The molecule has 0 fully saturated rings. The molecule has 8 aromatic carbocycles. The van der Waals surface area contributed by atoms with Crippen molar-refractivity contribution in [2.45, 2.75) is 58.3 Å². The Hall–Kier alpha value is -6.32. The molecule has 3 heteroatoms. The van der Waals surface area contributed by atoms with Crippen molar-refractivity contribution >= 4 is 62.2 Å². The van der Waals surface area contributed by atoms with Crippen molar-refractivity contribution in [3.05, 3.63) is 174 Å². The topological polar surface area (TPSA) is 17.0 Å². The number of fused-ring (bicyclic) bond motifs is 7. The van der Waals surface area contributed by atoms with Gasteiger partial charge in [-0.3, -0.25) is 0 Å². The van der Waals surface area contributed by atoms with Gasteiger partial charge in [-0.15, -0.1) is 0 Å². The van der Waals surface area contributed by atoms with Gasteiger partial charge in [-0.2, -0.15) is 0 Å². The van der Waals surface area contributed by atoms with Crippen LogP contribution in [0.15, 0.2) is 158 Å². The lowest BCUT2D eigenvalue weighted by atomic mass is 9.58. The number of nitrogens with zero attached hydrogens (tertiary/aromatic N) is 1. The van der Waals surface area contributed by atoms with Gasteiger partial charge in [0.25, 0.3) is 0 Å². The van der Waals surface area contributed by atoms with Crippen LogP contribution in [0.1, 0.15) is 57.2 Å². The van der Waals surface area contributed by atoms with Crippen molar-refractivity contribution in [3.63, 3.8) is 0 Å². The Balaban J connectivity index is 1.15. The van der Waals surface area contributed by atoms with Gasteiger partial charge < -0.3 is 9.88 Å². The largest absolute Gasteiger partial charge is 0.355 e. The van der Waals surface area contributed by atoms with E-state index in [9.17, 15) is 0 Å². The van der Waals surface area contributed by atoms with Crippen LogP contribution in [0.25, 0.3) is 71.6 Å². The van der Waals surface area contributed by atoms with Crippen molar-refractivity contribution in [2.75, 3.05) is 5.32 Å². The third-order valence-corrected chi connectivity index (χ3v) is 13.3. The molecule has 9 aromatic rings. The minimum atomic E-state index is 0.123. The fourth-order valence-electron chi connectivity index (χ4n) is 10.1. The van der Waals surface area contributed by atoms with E-state index in [1.54, 1.807) is 0 Å². The molecule has 1 radical (unpaired) electrons. The van der Waals surface area contributed by atoms with Crippen molar-refractivity contribution in [1.82, 2.24) is 4.57 Å². The van der Waals surface area contributed by atoms with Crippen LogP contribution >= 0.6 is 0 Å². The van der Waals surface area contributed by atoms with E-state index >= 15 is 0 Å². The Morgan fingerprint density at radius 3 is 2.02 bits per heavy atom. The molecule has 0 spiro atoms. The lowest BCUT2D eigenvalue weighted by Gasteiger charge is -2.42. The zero-order valence-corrected chi connectivity index (χ0v) is 33.9. The van der Waals surface area contributed by atoms with E-state index in [1.807, 2.05) is 0 Å². The van der Waals surface area contributed by atoms with Gasteiger partial charge in [0.15, 0.2) is 7.28 Å². The molecule has 2 nitrogen and oxygen atoms in total. The van der Waals surface area contributed by atoms with Gasteiger partial charge in [-0.1, -0.05) is 148 Å². The molecule has 1 aromatic heterocycles. The fraction of sp³-hybridized carbons (Fsp3) is 0.164. The molecule has 0 amide bonds. The minimum Gasteiger partial charge on any atom is -0.355 e. The molecule has 1 aliphatic heterocycles. The number of hydrogen-bond acceptors (Lipinski definition) is 1. The molecular formula is C55H46BN2. The summed E-state index contributed by atoms with van der Waals surface area (Å²) in [6.45, 7) is 11.9. The van der Waals surface area contributed by atoms with E-state index in [0.29, 0.717) is 0 Å². The number of rotatable bonds is 5. The maximum atomic E-state index is 4.00. The molecule has 0 saturated carbocycles. The minimum absolute atomic E-state index is 0.123. The monoisotopic (exact) mass is 745 g/mol. The molecule has 279 valence electrons. The number of aromatic nitrogens is 1. The molecule has 1 aliphatic carbocycles. The van der Waals surface area contributed by atoms with Crippen molar-refractivity contribution in [3.8, 4) is 39.1 Å². The second-order valence-corrected chi connectivity index (χ2v) is 18.0. The summed E-state index contributed by atoms with van der Waals surface area (Å²) in [5, 5.41) is 9.02. The Morgan fingerprint density at radius 2 is 1.24 bits per heavy atom. The lowest BCUT2D eigenvalue weighted by Crippen LogP contribution is -2.37. The molecule has 0 unspecified atom stereocenters. The van der Waals surface area contributed by atoms with Crippen LogP contribution in [0.4, 0.5) is 11.4 Å². The molecular weight excluding hydrogens is 699 g/mol. The fourth-order valence-corrected chi connectivity index (χ4v) is 10.1. The highest BCUT2D eigenvalue weighted by Crippen LogP contribution is 2.47. The summed E-state index contributed by atoms with van der Waals surface area (Å²) in [5.41, 5.74) is 20.3. The van der Waals surface area contributed by atoms with Gasteiger partial charge in [0.1, 0.15) is 0 Å². The third-order valence-electron chi connectivity index (χ3n) is 13.3. The number of aryl methyl sites for hydroxylation is 1. The summed E-state index contributed by atoms with van der Waals surface area (Å²) >= 11 is 0. The van der Waals surface area contributed by atoms with Crippen LogP contribution in [0.3, 0.4) is 0 Å². The van der Waals surface area contributed by atoms with Gasteiger partial charge in [-0.25, -0.2) is 0 Å². The van der Waals surface area contributed by atoms with Gasteiger partial charge in [0, 0.05) is 38.9 Å². The maximum absolute atomic E-state index is 4.00. The quantitative estimate of drug-likeness (QED) is 0.174. The normalized spacial score (nSPS) is 14.9. The van der Waals surface area contributed by atoms with Crippen LogP contribution in [-0.2, 0) is 10.8 Å². The zero-order valence-electron chi connectivity index (χ0n) is 33.9. The van der Waals surface area contributed by atoms with E-state index in [2.05, 4.69) is 210 Å². The van der Waals surface area contributed by atoms with Crippen molar-refractivity contribution in [2.24, 2.45) is 0 Å².